The summed E-state index contributed by atoms with van der Waals surface area (Å²) in [7, 11) is 0. The molecule has 0 aromatic rings. The highest BCUT2D eigenvalue weighted by Crippen LogP contribution is 2.26. The van der Waals surface area contributed by atoms with Crippen LogP contribution in [0.25, 0.3) is 0 Å². The summed E-state index contributed by atoms with van der Waals surface area (Å²) in [5.41, 5.74) is 0. The molecule has 15 nitrogen and oxygen atoms in total. The lowest BCUT2D eigenvalue weighted by Gasteiger charge is -2.42. The van der Waals surface area contributed by atoms with Crippen LogP contribution >= 0.6 is 0 Å². The monoisotopic (exact) mass is 1040 g/mol. The molecule has 0 spiro atoms. The standard InChI is InChI=1S/C59H94O15/c1-3-5-7-9-11-13-15-17-19-21-22-23-24-26-27-29-31-33-35-37-39-41-50(61)69-44-47(72-51(62)42-40-38-36-34-32-30-28-25-20-18-16-14-12-10-8-6-4-2)45-70-58-57(68)55(66)53(64)49(74-58)46-71-59-56(67)54(65)52(63)48(43-60)73-59/h5-8,11-14,17-20,22-23,28,30,34,36,47-49,52-60,63-68H,3-4,9-10,15-16,21,24-27,29,31-33,35,37-46H2,1-2H3/b7-5-,8-6-,13-11-,14-12-,19-17-,20-18-,23-22-,30-28-,36-34-. The molecule has 0 radical (unpaired) electrons. The van der Waals surface area contributed by atoms with Gasteiger partial charge >= 0.3 is 11.9 Å². The van der Waals surface area contributed by atoms with Crippen molar-refractivity contribution in [3.05, 3.63) is 109 Å². The number of esters is 2. The Balaban J connectivity index is 1.80. The van der Waals surface area contributed by atoms with E-state index in [1.165, 1.54) is 19.3 Å². The van der Waals surface area contributed by atoms with Gasteiger partial charge in [-0.2, -0.15) is 0 Å². The molecular weight excluding hydrogens is 949 g/mol. The van der Waals surface area contributed by atoms with E-state index in [2.05, 4.69) is 111 Å². The first-order valence-electron chi connectivity index (χ1n) is 27.5. The number of aliphatic hydroxyl groups is 7. The molecule has 2 fully saturated rings. The van der Waals surface area contributed by atoms with Gasteiger partial charge in [-0.3, -0.25) is 9.59 Å². The fraction of sp³-hybridized carbons (Fsp3) is 0.661. The Bertz CT molecular complexity index is 1700. The van der Waals surface area contributed by atoms with Crippen molar-refractivity contribution in [3.63, 3.8) is 0 Å². The molecule has 0 bridgehead atoms. The smallest absolute Gasteiger partial charge is 0.306 e. The van der Waals surface area contributed by atoms with E-state index in [4.69, 9.17) is 28.4 Å². The number of hydrogen-bond acceptors (Lipinski definition) is 15. The maximum Gasteiger partial charge on any atom is 0.306 e. The minimum Gasteiger partial charge on any atom is -0.462 e. The Labute approximate surface area is 442 Å². The van der Waals surface area contributed by atoms with Gasteiger partial charge in [-0.15, -0.1) is 0 Å². The van der Waals surface area contributed by atoms with Gasteiger partial charge in [0.1, 0.15) is 55.4 Å². The number of carbonyl (C=O) groups excluding carboxylic acids is 2. The lowest BCUT2D eigenvalue weighted by atomic mass is 9.98. The zero-order valence-corrected chi connectivity index (χ0v) is 44.5. The topological polar surface area (TPSA) is 231 Å². The summed E-state index contributed by atoms with van der Waals surface area (Å²) < 4.78 is 33.6. The van der Waals surface area contributed by atoms with Gasteiger partial charge in [-0.05, 0) is 89.9 Å². The summed E-state index contributed by atoms with van der Waals surface area (Å²) in [6.45, 7) is 2.28. The van der Waals surface area contributed by atoms with E-state index < -0.39 is 99.3 Å². The van der Waals surface area contributed by atoms with E-state index in [9.17, 15) is 45.3 Å². The Morgan fingerprint density at radius 2 is 0.824 bits per heavy atom. The quantitative estimate of drug-likeness (QED) is 0.0173. The summed E-state index contributed by atoms with van der Waals surface area (Å²) in [4.78, 5) is 25.8. The predicted molar refractivity (Wildman–Crippen MR) is 288 cm³/mol. The second-order valence-electron chi connectivity index (χ2n) is 18.6. The largest absolute Gasteiger partial charge is 0.462 e. The van der Waals surface area contributed by atoms with E-state index in [1.54, 1.807) is 0 Å². The summed E-state index contributed by atoms with van der Waals surface area (Å²) in [5.74, 6) is -1.01. The number of carbonyl (C=O) groups is 2. The lowest BCUT2D eigenvalue weighted by Crippen LogP contribution is -2.61. The van der Waals surface area contributed by atoms with Crippen molar-refractivity contribution in [2.45, 2.75) is 223 Å². The normalized spacial score (nSPS) is 25.5. The van der Waals surface area contributed by atoms with Gasteiger partial charge in [0.05, 0.1) is 19.8 Å². The Morgan fingerprint density at radius 1 is 0.432 bits per heavy atom. The first-order valence-corrected chi connectivity index (χ1v) is 27.5. The number of rotatable bonds is 41. The van der Waals surface area contributed by atoms with Gasteiger partial charge in [0.15, 0.2) is 18.7 Å². The summed E-state index contributed by atoms with van der Waals surface area (Å²) in [6, 6.07) is 0. The minimum absolute atomic E-state index is 0.0782. The fourth-order valence-electron chi connectivity index (χ4n) is 7.83. The number of hydrogen-bond donors (Lipinski definition) is 7. The average molecular weight is 1040 g/mol. The van der Waals surface area contributed by atoms with Crippen LogP contribution in [0.5, 0.6) is 0 Å². The summed E-state index contributed by atoms with van der Waals surface area (Å²) in [6.07, 6.45) is 41.1. The van der Waals surface area contributed by atoms with Crippen LogP contribution in [0, 0.1) is 0 Å². The van der Waals surface area contributed by atoms with Crippen molar-refractivity contribution >= 4 is 11.9 Å². The molecule has 0 aliphatic carbocycles. The maximum atomic E-state index is 13.0. The van der Waals surface area contributed by atoms with Gasteiger partial charge in [-0.25, -0.2) is 0 Å². The van der Waals surface area contributed by atoms with E-state index in [0.29, 0.717) is 19.3 Å². The molecule has 0 aromatic heterocycles. The molecule has 420 valence electrons. The van der Waals surface area contributed by atoms with Crippen molar-refractivity contribution in [1.82, 2.24) is 0 Å². The van der Waals surface area contributed by atoms with Crippen molar-refractivity contribution in [3.8, 4) is 0 Å². The third-order valence-electron chi connectivity index (χ3n) is 12.2. The van der Waals surface area contributed by atoms with E-state index in [1.807, 2.05) is 12.2 Å². The Hall–Kier alpha value is -3.84. The molecule has 0 saturated carbocycles. The maximum absolute atomic E-state index is 13.0. The Kier molecular flexibility index (Phi) is 39.7. The van der Waals surface area contributed by atoms with E-state index >= 15 is 0 Å². The van der Waals surface area contributed by atoms with Crippen LogP contribution in [-0.2, 0) is 38.0 Å². The molecule has 0 amide bonds. The van der Waals surface area contributed by atoms with Crippen LogP contribution in [0.3, 0.4) is 0 Å². The molecule has 11 atom stereocenters. The minimum atomic E-state index is -1.78. The lowest BCUT2D eigenvalue weighted by molar-refractivity contribution is -0.332. The molecule has 7 N–H and O–H groups in total. The fourth-order valence-corrected chi connectivity index (χ4v) is 7.83. The first-order chi connectivity index (χ1) is 36.0. The SMILES string of the molecule is CC/C=C\C/C=C\C/C=C\C/C=C\C/C=C\CCCC(=O)OC(COC(=O)CCCCCCCCCC/C=C\C/C=C\C/C=C\C/C=C\CC)COC1OC(COC2OC(CO)C(O)C(O)C2O)C(O)C(O)C1O. The van der Waals surface area contributed by atoms with E-state index in [-0.39, 0.29) is 19.4 Å². The molecule has 11 unspecified atom stereocenters. The number of unbranched alkanes of at least 4 members (excludes halogenated alkanes) is 9. The number of allylic oxidation sites excluding steroid dienone is 18. The van der Waals surface area contributed by atoms with Crippen LogP contribution in [0.15, 0.2) is 109 Å². The molecule has 2 heterocycles. The van der Waals surface area contributed by atoms with Crippen LogP contribution < -0.4 is 0 Å². The molecule has 15 heteroatoms. The highest BCUT2D eigenvalue weighted by Gasteiger charge is 2.47. The third-order valence-corrected chi connectivity index (χ3v) is 12.2. The molecule has 2 aliphatic heterocycles. The van der Waals surface area contributed by atoms with Crippen molar-refractivity contribution in [2.75, 3.05) is 26.4 Å². The summed E-state index contributed by atoms with van der Waals surface area (Å²) >= 11 is 0. The van der Waals surface area contributed by atoms with Crippen LogP contribution in [0.2, 0.25) is 0 Å². The molecule has 2 aliphatic rings. The van der Waals surface area contributed by atoms with Crippen molar-refractivity contribution < 1.29 is 73.8 Å². The number of ether oxygens (including phenoxy) is 6. The zero-order valence-electron chi connectivity index (χ0n) is 44.5. The first kappa shape index (κ1) is 66.3. The van der Waals surface area contributed by atoms with Gasteiger partial charge < -0.3 is 64.2 Å². The molecular formula is C59H94O15. The molecule has 0 aromatic carbocycles. The van der Waals surface area contributed by atoms with Crippen molar-refractivity contribution in [2.24, 2.45) is 0 Å². The Morgan fingerprint density at radius 3 is 1.31 bits per heavy atom. The zero-order chi connectivity index (χ0) is 53.9. The molecule has 74 heavy (non-hydrogen) atoms. The van der Waals surface area contributed by atoms with Gasteiger partial charge in [0.25, 0.3) is 0 Å². The van der Waals surface area contributed by atoms with Gasteiger partial charge in [0, 0.05) is 12.8 Å². The molecule has 2 rings (SSSR count). The van der Waals surface area contributed by atoms with Crippen LogP contribution in [-0.4, -0.2) is 142 Å². The number of aliphatic hydroxyl groups excluding tert-OH is 7. The third kappa shape index (κ3) is 31.3. The van der Waals surface area contributed by atoms with Gasteiger partial charge in [0.2, 0.25) is 0 Å². The van der Waals surface area contributed by atoms with Gasteiger partial charge in [-0.1, -0.05) is 162 Å². The van der Waals surface area contributed by atoms with Crippen molar-refractivity contribution in [1.29, 1.82) is 0 Å². The van der Waals surface area contributed by atoms with E-state index in [0.717, 1.165) is 89.9 Å². The van der Waals surface area contributed by atoms with Crippen LogP contribution in [0.1, 0.15) is 155 Å². The second kappa shape index (κ2) is 44.3. The summed E-state index contributed by atoms with van der Waals surface area (Å²) in [5, 5.41) is 72.2. The van der Waals surface area contributed by atoms with Crippen LogP contribution in [0.4, 0.5) is 0 Å². The predicted octanol–water partition coefficient (Wildman–Crippen LogP) is 8.71. The highest BCUT2D eigenvalue weighted by molar-refractivity contribution is 5.70. The highest BCUT2D eigenvalue weighted by atomic mass is 16.7. The second-order valence-corrected chi connectivity index (χ2v) is 18.6. The average Bonchev–Trinajstić information content (AvgIpc) is 3.39. The molecule has 2 saturated heterocycles.